The van der Waals surface area contributed by atoms with Crippen LogP contribution in [-0.4, -0.2) is 37.4 Å². The van der Waals surface area contributed by atoms with Crippen LogP contribution in [-0.2, 0) is 26.1 Å². The number of aromatic nitrogens is 1. The maximum Gasteiger partial charge on any atom is 0.324 e. The van der Waals surface area contributed by atoms with Crippen LogP contribution in [0.15, 0.2) is 35.2 Å². The second-order valence-electron chi connectivity index (χ2n) is 8.31. The average molecular weight is 449 g/mol. The van der Waals surface area contributed by atoms with E-state index >= 15 is 0 Å². The fourth-order valence-electron chi connectivity index (χ4n) is 3.22. The number of benzene rings is 1. The van der Waals surface area contributed by atoms with Crippen LogP contribution in [0.1, 0.15) is 54.5 Å². The Morgan fingerprint density at radius 1 is 1.06 bits per heavy atom. The van der Waals surface area contributed by atoms with E-state index in [1.165, 1.54) is 19.1 Å². The van der Waals surface area contributed by atoms with Crippen molar-refractivity contribution in [3.63, 3.8) is 0 Å². The lowest BCUT2D eigenvalue weighted by atomic mass is 10.1. The van der Waals surface area contributed by atoms with Crippen molar-refractivity contribution in [1.82, 2.24) is 9.29 Å². The van der Waals surface area contributed by atoms with E-state index < -0.39 is 28.6 Å². The molecule has 1 atom stereocenters. The number of aryl methyl sites for hydroxylation is 2. The van der Waals surface area contributed by atoms with Gasteiger partial charge in [0.15, 0.2) is 6.61 Å². The maximum absolute atomic E-state index is 12.6. The van der Waals surface area contributed by atoms with Crippen molar-refractivity contribution >= 4 is 21.8 Å². The van der Waals surface area contributed by atoms with Gasteiger partial charge in [-0.1, -0.05) is 31.5 Å². The van der Waals surface area contributed by atoms with Gasteiger partial charge in [0.05, 0.1) is 4.90 Å². The van der Waals surface area contributed by atoms with Crippen LogP contribution in [0.4, 0.5) is 0 Å². The van der Waals surface area contributed by atoms with E-state index in [1.54, 1.807) is 18.2 Å². The number of carbonyl (C=O) groups is 2. The average Bonchev–Trinajstić information content (AvgIpc) is 2.97. The third-order valence-corrected chi connectivity index (χ3v) is 6.72. The van der Waals surface area contributed by atoms with Gasteiger partial charge in [0.2, 0.25) is 15.8 Å². The first-order chi connectivity index (χ1) is 14.4. The van der Waals surface area contributed by atoms with Crippen LogP contribution in [0.25, 0.3) is 0 Å². The lowest BCUT2D eigenvalue weighted by Gasteiger charge is -2.14. The summed E-state index contributed by atoms with van der Waals surface area (Å²) in [5.41, 5.74) is 3.26. The van der Waals surface area contributed by atoms with E-state index in [9.17, 15) is 18.0 Å². The molecular weight excluding hydrogens is 416 g/mol. The van der Waals surface area contributed by atoms with Crippen LogP contribution in [0.3, 0.4) is 0 Å². The first-order valence-electron chi connectivity index (χ1n) is 10.4. The van der Waals surface area contributed by atoms with E-state index in [0.717, 1.165) is 29.9 Å². The molecule has 0 radical (unpaired) electrons. The molecule has 0 aliphatic rings. The van der Waals surface area contributed by atoms with Crippen LogP contribution in [0, 0.1) is 26.7 Å². The standard InChI is InChI=1S/C23H32N2O5S/c1-15(2)11-12-25-17(4)13-21(19(25)6)22(26)14-30-23(27)18(5)24-31(28,29)20-9-7-16(3)8-10-20/h7-10,13,15,18,24H,11-12,14H2,1-6H3/t18-/m0/s1. The van der Waals surface area contributed by atoms with Crippen molar-refractivity contribution in [3.05, 3.63) is 52.8 Å². The van der Waals surface area contributed by atoms with Gasteiger partial charge in [-0.05, 0) is 58.2 Å². The van der Waals surface area contributed by atoms with Gasteiger partial charge < -0.3 is 9.30 Å². The normalized spacial score (nSPS) is 12.7. The summed E-state index contributed by atoms with van der Waals surface area (Å²) >= 11 is 0. The summed E-state index contributed by atoms with van der Waals surface area (Å²) in [7, 11) is -3.87. The second-order valence-corrected chi connectivity index (χ2v) is 10.0. The highest BCUT2D eigenvalue weighted by molar-refractivity contribution is 7.89. The number of esters is 1. The number of rotatable bonds is 10. The molecule has 0 saturated heterocycles. The molecular formula is C23H32N2O5S. The number of ether oxygens (including phenoxy) is 1. The van der Waals surface area contributed by atoms with Crippen molar-refractivity contribution in [2.24, 2.45) is 5.92 Å². The molecule has 170 valence electrons. The Balaban J connectivity index is 1.98. The van der Waals surface area contributed by atoms with E-state index in [0.29, 0.717) is 11.5 Å². The molecule has 2 aromatic rings. The molecule has 7 nitrogen and oxygen atoms in total. The summed E-state index contributed by atoms with van der Waals surface area (Å²) in [6.45, 7) is 11.7. The van der Waals surface area contributed by atoms with Crippen molar-refractivity contribution < 1.29 is 22.7 Å². The Bertz CT molecular complexity index is 1040. The van der Waals surface area contributed by atoms with Crippen LogP contribution in [0.2, 0.25) is 0 Å². The van der Waals surface area contributed by atoms with Crippen molar-refractivity contribution in [2.45, 2.75) is 65.4 Å². The predicted octanol–water partition coefficient (Wildman–Crippen LogP) is 3.55. The van der Waals surface area contributed by atoms with Gasteiger partial charge >= 0.3 is 5.97 Å². The van der Waals surface area contributed by atoms with E-state index in [4.69, 9.17) is 4.74 Å². The fourth-order valence-corrected chi connectivity index (χ4v) is 4.41. The van der Waals surface area contributed by atoms with Crippen LogP contribution < -0.4 is 4.72 Å². The Morgan fingerprint density at radius 2 is 1.68 bits per heavy atom. The number of sulfonamides is 1. The zero-order valence-electron chi connectivity index (χ0n) is 19.1. The second kappa shape index (κ2) is 10.2. The zero-order chi connectivity index (χ0) is 23.3. The molecule has 31 heavy (non-hydrogen) atoms. The van der Waals surface area contributed by atoms with Gasteiger partial charge in [-0.2, -0.15) is 4.72 Å². The summed E-state index contributed by atoms with van der Waals surface area (Å²) in [5.74, 6) is -0.574. The molecule has 0 amide bonds. The quantitative estimate of drug-likeness (QED) is 0.443. The minimum absolute atomic E-state index is 0.0580. The summed E-state index contributed by atoms with van der Waals surface area (Å²) < 4.78 is 34.3. The molecule has 1 heterocycles. The molecule has 0 saturated carbocycles. The van der Waals surface area contributed by atoms with Crippen molar-refractivity contribution in [3.8, 4) is 0 Å². The summed E-state index contributed by atoms with van der Waals surface area (Å²) in [6, 6.07) is 6.96. The molecule has 0 unspecified atom stereocenters. The van der Waals surface area contributed by atoms with Gasteiger partial charge in [0.25, 0.3) is 0 Å². The maximum atomic E-state index is 12.6. The minimum Gasteiger partial charge on any atom is -0.456 e. The summed E-state index contributed by atoms with van der Waals surface area (Å²) in [4.78, 5) is 24.9. The van der Waals surface area contributed by atoms with E-state index in [-0.39, 0.29) is 10.7 Å². The SMILES string of the molecule is Cc1ccc(S(=O)(=O)N[C@@H](C)C(=O)OCC(=O)c2cc(C)n(CCC(C)C)c2C)cc1. The number of hydrogen-bond donors (Lipinski definition) is 1. The van der Waals surface area contributed by atoms with Gasteiger partial charge in [-0.15, -0.1) is 0 Å². The molecule has 2 rings (SSSR count). The first kappa shape index (κ1) is 24.8. The predicted molar refractivity (Wildman–Crippen MR) is 120 cm³/mol. The van der Waals surface area contributed by atoms with Crippen LogP contribution in [0.5, 0.6) is 0 Å². The molecule has 0 aliphatic carbocycles. The Hall–Kier alpha value is -2.45. The van der Waals surface area contributed by atoms with Crippen LogP contribution >= 0.6 is 0 Å². The molecule has 0 bridgehead atoms. The molecule has 0 aliphatic heterocycles. The lowest BCUT2D eigenvalue weighted by molar-refractivity contribution is -0.144. The fraction of sp³-hybridized carbons (Fsp3) is 0.478. The third-order valence-electron chi connectivity index (χ3n) is 5.17. The number of ketones is 1. The molecule has 1 aromatic carbocycles. The van der Waals surface area contributed by atoms with Gasteiger partial charge in [0, 0.05) is 23.5 Å². The number of carbonyl (C=O) groups excluding carboxylic acids is 2. The molecule has 0 fully saturated rings. The lowest BCUT2D eigenvalue weighted by Crippen LogP contribution is -2.40. The first-order valence-corrected chi connectivity index (χ1v) is 11.9. The summed E-state index contributed by atoms with van der Waals surface area (Å²) in [5, 5.41) is 0. The minimum atomic E-state index is -3.87. The van der Waals surface area contributed by atoms with E-state index in [2.05, 4.69) is 23.1 Å². The van der Waals surface area contributed by atoms with Gasteiger partial charge in [-0.25, -0.2) is 8.42 Å². The molecule has 1 aromatic heterocycles. The number of nitrogens with zero attached hydrogens (tertiary/aromatic N) is 1. The van der Waals surface area contributed by atoms with Gasteiger partial charge in [0.1, 0.15) is 6.04 Å². The molecule has 1 N–H and O–H groups in total. The highest BCUT2D eigenvalue weighted by Gasteiger charge is 2.24. The third kappa shape index (κ3) is 6.51. The monoisotopic (exact) mass is 448 g/mol. The zero-order valence-corrected chi connectivity index (χ0v) is 19.9. The Labute approximate surface area is 184 Å². The molecule has 8 heteroatoms. The van der Waals surface area contributed by atoms with E-state index in [1.807, 2.05) is 20.8 Å². The Morgan fingerprint density at radius 3 is 2.26 bits per heavy atom. The van der Waals surface area contributed by atoms with Crippen molar-refractivity contribution in [1.29, 1.82) is 0 Å². The summed E-state index contributed by atoms with van der Waals surface area (Å²) in [6.07, 6.45) is 0.998. The number of hydrogen-bond acceptors (Lipinski definition) is 5. The van der Waals surface area contributed by atoms with Gasteiger partial charge in [-0.3, -0.25) is 9.59 Å². The Kier molecular flexibility index (Phi) is 8.20. The van der Waals surface area contributed by atoms with Crippen molar-refractivity contribution in [2.75, 3.05) is 6.61 Å². The smallest absolute Gasteiger partial charge is 0.324 e. The highest BCUT2D eigenvalue weighted by Crippen LogP contribution is 2.18. The highest BCUT2D eigenvalue weighted by atomic mass is 32.2. The largest absolute Gasteiger partial charge is 0.456 e. The topological polar surface area (TPSA) is 94.5 Å². The molecule has 0 spiro atoms. The number of nitrogens with one attached hydrogen (secondary N) is 1. The number of Topliss-reactive ketones (excluding diaryl/α,β-unsaturated/α-hetero) is 1.